The van der Waals surface area contributed by atoms with Crippen LogP contribution in [0.2, 0.25) is 0 Å². The molecule has 90 valence electrons. The van der Waals surface area contributed by atoms with E-state index >= 15 is 0 Å². The predicted molar refractivity (Wildman–Crippen MR) is 72.6 cm³/mol. The van der Waals surface area contributed by atoms with E-state index in [2.05, 4.69) is 0 Å². The summed E-state index contributed by atoms with van der Waals surface area (Å²) in [5.41, 5.74) is 1.29. The SMILES string of the molecule is Cc1ccccc1Oc1ccc(C(=O)O)cc1.[Ca+2].[H-].[H-]. The molecule has 0 heterocycles. The molecule has 0 atom stereocenters. The average Bonchev–Trinajstić information content (AvgIpc) is 2.33. The summed E-state index contributed by atoms with van der Waals surface area (Å²) in [5, 5.41) is 8.77. The third-order valence-electron chi connectivity index (χ3n) is 2.42. The van der Waals surface area contributed by atoms with E-state index in [0.717, 1.165) is 11.3 Å². The summed E-state index contributed by atoms with van der Waals surface area (Å²) in [6, 6.07) is 14.0. The van der Waals surface area contributed by atoms with Crippen LogP contribution in [-0.2, 0) is 0 Å². The quantitative estimate of drug-likeness (QED) is 0.870. The van der Waals surface area contributed by atoms with Gasteiger partial charge in [0, 0.05) is 0 Å². The van der Waals surface area contributed by atoms with Gasteiger partial charge in [-0.25, -0.2) is 4.79 Å². The van der Waals surface area contributed by atoms with Crippen LogP contribution < -0.4 is 4.74 Å². The standard InChI is InChI=1S/C14H12O3.Ca.2H/c1-10-4-2-3-5-13(10)17-12-8-6-11(7-9-12)14(15)16;;;/h2-9H,1H3,(H,15,16);;;/q;+2;2*-1. The molecule has 0 amide bonds. The van der Waals surface area contributed by atoms with Crippen LogP contribution in [0.1, 0.15) is 18.8 Å². The number of hydrogen-bond acceptors (Lipinski definition) is 2. The van der Waals surface area contributed by atoms with E-state index in [-0.39, 0.29) is 46.2 Å². The Balaban J connectivity index is 0. The van der Waals surface area contributed by atoms with Crippen LogP contribution in [0, 0.1) is 6.92 Å². The Morgan fingerprint density at radius 1 is 1.11 bits per heavy atom. The largest absolute Gasteiger partial charge is 2.00 e. The smallest absolute Gasteiger partial charge is 1.00 e. The number of ether oxygens (including phenoxy) is 1. The van der Waals surface area contributed by atoms with Gasteiger partial charge < -0.3 is 12.7 Å². The van der Waals surface area contributed by atoms with Gasteiger partial charge in [0.05, 0.1) is 5.56 Å². The van der Waals surface area contributed by atoms with Crippen molar-refractivity contribution < 1.29 is 17.5 Å². The fraction of sp³-hybridized carbons (Fsp3) is 0.0714. The molecule has 3 nitrogen and oxygen atoms in total. The Hall–Kier alpha value is -1.03. The van der Waals surface area contributed by atoms with E-state index in [4.69, 9.17) is 9.84 Å². The van der Waals surface area contributed by atoms with Gasteiger partial charge in [0.15, 0.2) is 0 Å². The maximum Gasteiger partial charge on any atom is 2.00 e. The van der Waals surface area contributed by atoms with Gasteiger partial charge in [0.2, 0.25) is 0 Å². The fourth-order valence-corrected chi connectivity index (χ4v) is 1.46. The number of carboxylic acids is 1. The van der Waals surface area contributed by atoms with E-state index in [1.165, 1.54) is 12.1 Å². The molecular weight excluding hydrogens is 256 g/mol. The van der Waals surface area contributed by atoms with Crippen molar-refractivity contribution in [2.24, 2.45) is 0 Å². The fourth-order valence-electron chi connectivity index (χ4n) is 1.46. The topological polar surface area (TPSA) is 46.5 Å². The van der Waals surface area contributed by atoms with Crippen LogP contribution in [0.3, 0.4) is 0 Å². The summed E-state index contributed by atoms with van der Waals surface area (Å²) in [7, 11) is 0. The minimum atomic E-state index is -0.938. The summed E-state index contributed by atoms with van der Waals surface area (Å²) < 4.78 is 5.65. The van der Waals surface area contributed by atoms with Gasteiger partial charge in [-0.3, -0.25) is 0 Å². The van der Waals surface area contributed by atoms with Crippen molar-refractivity contribution in [1.29, 1.82) is 0 Å². The second-order valence-corrected chi connectivity index (χ2v) is 3.70. The normalized spacial score (nSPS) is 9.39. The maximum absolute atomic E-state index is 10.7. The Morgan fingerprint density at radius 2 is 1.72 bits per heavy atom. The first kappa shape index (κ1) is 15.0. The Morgan fingerprint density at radius 3 is 2.28 bits per heavy atom. The van der Waals surface area contributed by atoms with Crippen molar-refractivity contribution in [3.8, 4) is 11.5 Å². The molecule has 4 heteroatoms. The van der Waals surface area contributed by atoms with Crippen molar-refractivity contribution in [3.05, 3.63) is 59.7 Å². The molecule has 0 bridgehead atoms. The molecule has 0 aromatic heterocycles. The number of carbonyl (C=O) groups is 1. The second-order valence-electron chi connectivity index (χ2n) is 3.70. The molecule has 0 fully saturated rings. The molecule has 0 aliphatic rings. The summed E-state index contributed by atoms with van der Waals surface area (Å²) in [6.45, 7) is 1.96. The molecule has 2 aromatic carbocycles. The van der Waals surface area contributed by atoms with Crippen LogP contribution in [0.25, 0.3) is 0 Å². The number of aryl methyl sites for hydroxylation is 1. The second kappa shape index (κ2) is 6.78. The average molecular weight is 270 g/mol. The molecule has 0 aliphatic heterocycles. The molecule has 0 spiro atoms. The summed E-state index contributed by atoms with van der Waals surface area (Å²) in [4.78, 5) is 10.7. The molecule has 0 aliphatic carbocycles. The van der Waals surface area contributed by atoms with Crippen LogP contribution in [0.4, 0.5) is 0 Å². The third kappa shape index (κ3) is 3.73. The van der Waals surface area contributed by atoms with E-state index in [9.17, 15) is 4.79 Å². The van der Waals surface area contributed by atoms with Crippen LogP contribution in [-0.4, -0.2) is 48.8 Å². The van der Waals surface area contributed by atoms with Gasteiger partial charge in [0.1, 0.15) is 11.5 Å². The number of para-hydroxylation sites is 1. The van der Waals surface area contributed by atoms with Gasteiger partial charge in [-0.15, -0.1) is 0 Å². The van der Waals surface area contributed by atoms with E-state index in [1.54, 1.807) is 12.1 Å². The maximum atomic E-state index is 10.7. The summed E-state index contributed by atoms with van der Waals surface area (Å²) >= 11 is 0. The van der Waals surface area contributed by atoms with Crippen LogP contribution in [0.5, 0.6) is 11.5 Å². The first-order chi connectivity index (χ1) is 8.16. The van der Waals surface area contributed by atoms with Crippen molar-refractivity contribution in [3.63, 3.8) is 0 Å². The van der Waals surface area contributed by atoms with Crippen molar-refractivity contribution in [2.75, 3.05) is 0 Å². The minimum absolute atomic E-state index is 0. The third-order valence-corrected chi connectivity index (χ3v) is 2.42. The molecule has 1 N–H and O–H groups in total. The zero-order chi connectivity index (χ0) is 12.3. The van der Waals surface area contributed by atoms with Gasteiger partial charge in [-0.2, -0.15) is 0 Å². The van der Waals surface area contributed by atoms with E-state index in [0.29, 0.717) is 5.75 Å². The van der Waals surface area contributed by atoms with E-state index < -0.39 is 5.97 Å². The van der Waals surface area contributed by atoms with Crippen molar-refractivity contribution >= 4 is 43.7 Å². The van der Waals surface area contributed by atoms with Gasteiger partial charge in [-0.05, 0) is 42.8 Å². The monoisotopic (exact) mass is 270 g/mol. The molecule has 2 aromatic rings. The number of rotatable bonds is 3. The predicted octanol–water partition coefficient (Wildman–Crippen LogP) is 3.33. The van der Waals surface area contributed by atoms with E-state index in [1.807, 2.05) is 31.2 Å². The Labute approximate surface area is 138 Å². The molecule has 18 heavy (non-hydrogen) atoms. The molecule has 0 radical (unpaired) electrons. The molecule has 2 rings (SSSR count). The Kier molecular flexibility index (Phi) is 5.66. The number of benzene rings is 2. The number of hydrogen-bond donors (Lipinski definition) is 1. The number of carboxylic acid groups (broad SMARTS) is 1. The first-order valence-corrected chi connectivity index (χ1v) is 5.23. The molecule has 0 saturated carbocycles. The number of aromatic carboxylic acids is 1. The Bertz CT molecular complexity index is 544. The molecule has 0 unspecified atom stereocenters. The van der Waals surface area contributed by atoms with Gasteiger partial charge in [0.25, 0.3) is 0 Å². The zero-order valence-electron chi connectivity index (χ0n) is 12.1. The first-order valence-electron chi connectivity index (χ1n) is 5.23. The van der Waals surface area contributed by atoms with Gasteiger partial charge >= 0.3 is 43.7 Å². The molecule has 0 saturated heterocycles. The minimum Gasteiger partial charge on any atom is -1.00 e. The van der Waals surface area contributed by atoms with Crippen molar-refractivity contribution in [1.82, 2.24) is 0 Å². The van der Waals surface area contributed by atoms with Crippen LogP contribution in [0.15, 0.2) is 48.5 Å². The zero-order valence-corrected chi connectivity index (χ0v) is 12.3. The summed E-state index contributed by atoms with van der Waals surface area (Å²) in [6.07, 6.45) is 0. The van der Waals surface area contributed by atoms with Gasteiger partial charge in [-0.1, -0.05) is 18.2 Å². The molecular formula is C14H14CaO3. The van der Waals surface area contributed by atoms with Crippen molar-refractivity contribution in [2.45, 2.75) is 6.92 Å². The van der Waals surface area contributed by atoms with Crippen LogP contribution >= 0.6 is 0 Å². The summed E-state index contributed by atoms with van der Waals surface area (Å²) in [5.74, 6) is 0.465.